The third-order valence-electron chi connectivity index (χ3n) is 2.88. The minimum atomic E-state index is -0.430. The van der Waals surface area contributed by atoms with Crippen LogP contribution in [0.2, 0.25) is 0 Å². The molecule has 0 spiro atoms. The van der Waals surface area contributed by atoms with Gasteiger partial charge in [-0.2, -0.15) is 0 Å². The first kappa shape index (κ1) is 14.0. The normalized spacial score (nSPS) is 10.5. The van der Waals surface area contributed by atoms with Gasteiger partial charge in [0.15, 0.2) is 0 Å². The molecule has 0 bridgehead atoms. The van der Waals surface area contributed by atoms with Crippen molar-refractivity contribution < 1.29 is 9.18 Å². The molecule has 0 aliphatic heterocycles. The Morgan fingerprint density at radius 3 is 3.00 bits per heavy atom. The molecule has 0 saturated heterocycles. The van der Waals surface area contributed by atoms with Crippen LogP contribution >= 0.6 is 0 Å². The number of nitrogens with zero attached hydrogens (tertiary/aromatic N) is 2. The number of rotatable bonds is 5. The smallest absolute Gasteiger partial charge is 0.244 e. The maximum Gasteiger partial charge on any atom is 0.244 e. The molecule has 2 aromatic rings. The molecule has 0 aliphatic carbocycles. The van der Waals surface area contributed by atoms with E-state index in [4.69, 9.17) is 5.73 Å². The summed E-state index contributed by atoms with van der Waals surface area (Å²) in [6, 6.07) is 3.88. The topological polar surface area (TPSA) is 72.9 Å². The van der Waals surface area contributed by atoms with Crippen LogP contribution in [0, 0.1) is 5.82 Å². The van der Waals surface area contributed by atoms with Crippen LogP contribution in [0.1, 0.15) is 19.2 Å². The van der Waals surface area contributed by atoms with Crippen molar-refractivity contribution in [2.75, 3.05) is 11.1 Å². The van der Waals surface area contributed by atoms with E-state index < -0.39 is 5.82 Å². The van der Waals surface area contributed by atoms with Crippen molar-refractivity contribution in [3.63, 3.8) is 0 Å². The Morgan fingerprint density at radius 1 is 1.50 bits per heavy atom. The molecule has 1 heterocycles. The number of carbonyl (C=O) groups is 1. The van der Waals surface area contributed by atoms with Gasteiger partial charge in [-0.15, -0.1) is 0 Å². The highest BCUT2D eigenvalue weighted by Crippen LogP contribution is 2.19. The molecule has 0 aliphatic rings. The van der Waals surface area contributed by atoms with Gasteiger partial charge in [0, 0.05) is 18.8 Å². The summed E-state index contributed by atoms with van der Waals surface area (Å²) in [5.74, 6) is 0.216. The second kappa shape index (κ2) is 6.18. The number of hydrogen-bond donors (Lipinski definition) is 2. The van der Waals surface area contributed by atoms with Crippen LogP contribution < -0.4 is 11.1 Å². The van der Waals surface area contributed by atoms with Crippen LogP contribution in [0.25, 0.3) is 0 Å². The Morgan fingerprint density at radius 2 is 2.30 bits per heavy atom. The fourth-order valence-electron chi connectivity index (χ4n) is 1.93. The number of aryl methyl sites for hydroxylation is 1. The third kappa shape index (κ3) is 3.34. The quantitative estimate of drug-likeness (QED) is 0.822. The Hall–Kier alpha value is -2.37. The minimum Gasteiger partial charge on any atom is -0.397 e. The van der Waals surface area contributed by atoms with E-state index >= 15 is 0 Å². The van der Waals surface area contributed by atoms with Gasteiger partial charge in [0.2, 0.25) is 5.91 Å². The Balaban J connectivity index is 2.03. The first-order valence-electron chi connectivity index (χ1n) is 6.45. The van der Waals surface area contributed by atoms with Gasteiger partial charge in [0.25, 0.3) is 0 Å². The van der Waals surface area contributed by atoms with Crippen molar-refractivity contribution in [2.24, 2.45) is 0 Å². The number of aromatic nitrogens is 2. The standard InChI is InChI=1S/C14H17FN4O/c1-2-3-13-17-6-7-19(13)9-14(20)18-12-5-4-10(15)8-11(12)16/h4-8H,2-3,9,16H2,1H3,(H,18,20). The zero-order valence-corrected chi connectivity index (χ0v) is 11.3. The van der Waals surface area contributed by atoms with E-state index in [1.807, 2.05) is 0 Å². The minimum absolute atomic E-state index is 0.159. The summed E-state index contributed by atoms with van der Waals surface area (Å²) in [4.78, 5) is 16.2. The molecular formula is C14H17FN4O. The van der Waals surface area contributed by atoms with Gasteiger partial charge in [0.1, 0.15) is 18.2 Å². The van der Waals surface area contributed by atoms with Gasteiger partial charge >= 0.3 is 0 Å². The van der Waals surface area contributed by atoms with E-state index in [0.29, 0.717) is 5.69 Å². The molecule has 0 unspecified atom stereocenters. The predicted octanol–water partition coefficient (Wildman–Crippen LogP) is 2.20. The van der Waals surface area contributed by atoms with Crippen molar-refractivity contribution in [1.82, 2.24) is 9.55 Å². The van der Waals surface area contributed by atoms with E-state index in [2.05, 4.69) is 17.2 Å². The van der Waals surface area contributed by atoms with Crippen LogP contribution in [0.5, 0.6) is 0 Å². The Kier molecular flexibility index (Phi) is 4.34. The summed E-state index contributed by atoms with van der Waals surface area (Å²) in [7, 11) is 0. The average molecular weight is 276 g/mol. The SMILES string of the molecule is CCCc1nccn1CC(=O)Nc1ccc(F)cc1N. The summed E-state index contributed by atoms with van der Waals surface area (Å²) in [5.41, 5.74) is 6.26. The molecule has 2 rings (SSSR count). The van der Waals surface area contributed by atoms with E-state index in [1.54, 1.807) is 17.0 Å². The van der Waals surface area contributed by atoms with Gasteiger partial charge in [-0.25, -0.2) is 9.37 Å². The number of halogens is 1. The summed E-state index contributed by atoms with van der Waals surface area (Å²) < 4.78 is 14.7. The van der Waals surface area contributed by atoms with Crippen molar-refractivity contribution in [3.8, 4) is 0 Å². The van der Waals surface area contributed by atoms with Gasteiger partial charge in [-0.1, -0.05) is 6.92 Å². The van der Waals surface area contributed by atoms with Crippen LogP contribution in [0.3, 0.4) is 0 Å². The molecule has 6 heteroatoms. The Labute approximate surface area is 116 Å². The number of anilines is 2. The second-order valence-electron chi connectivity index (χ2n) is 4.50. The number of nitrogens with one attached hydrogen (secondary N) is 1. The van der Waals surface area contributed by atoms with Gasteiger partial charge in [-0.05, 0) is 24.6 Å². The van der Waals surface area contributed by atoms with Crippen molar-refractivity contribution >= 4 is 17.3 Å². The lowest BCUT2D eigenvalue weighted by Gasteiger charge is -2.10. The molecule has 20 heavy (non-hydrogen) atoms. The molecule has 5 nitrogen and oxygen atoms in total. The van der Waals surface area contributed by atoms with Crippen LogP contribution in [-0.2, 0) is 17.8 Å². The summed E-state index contributed by atoms with van der Waals surface area (Å²) in [5, 5.41) is 2.67. The van der Waals surface area contributed by atoms with E-state index in [1.165, 1.54) is 18.2 Å². The molecule has 0 saturated carbocycles. The van der Waals surface area contributed by atoms with Gasteiger partial charge < -0.3 is 15.6 Å². The summed E-state index contributed by atoms with van der Waals surface area (Å²) in [6.07, 6.45) is 5.21. The van der Waals surface area contributed by atoms with E-state index in [0.717, 1.165) is 18.7 Å². The van der Waals surface area contributed by atoms with E-state index in [9.17, 15) is 9.18 Å². The second-order valence-corrected chi connectivity index (χ2v) is 4.50. The zero-order valence-electron chi connectivity index (χ0n) is 11.3. The summed E-state index contributed by atoms with van der Waals surface area (Å²) >= 11 is 0. The van der Waals surface area contributed by atoms with Gasteiger partial charge in [0.05, 0.1) is 11.4 Å². The molecule has 1 aromatic heterocycles. The molecule has 0 atom stereocenters. The predicted molar refractivity (Wildman–Crippen MR) is 75.7 cm³/mol. The average Bonchev–Trinajstić information content (AvgIpc) is 2.81. The van der Waals surface area contributed by atoms with E-state index in [-0.39, 0.29) is 18.1 Å². The highest BCUT2D eigenvalue weighted by atomic mass is 19.1. The van der Waals surface area contributed by atoms with Crippen LogP contribution in [0.4, 0.5) is 15.8 Å². The first-order chi connectivity index (χ1) is 9.60. The maximum absolute atomic E-state index is 12.9. The first-order valence-corrected chi connectivity index (χ1v) is 6.45. The lowest BCUT2D eigenvalue weighted by molar-refractivity contribution is -0.116. The maximum atomic E-state index is 12.9. The highest BCUT2D eigenvalue weighted by molar-refractivity contribution is 5.93. The highest BCUT2D eigenvalue weighted by Gasteiger charge is 2.09. The molecule has 0 fully saturated rings. The van der Waals surface area contributed by atoms with Crippen molar-refractivity contribution in [1.29, 1.82) is 0 Å². The monoisotopic (exact) mass is 276 g/mol. The number of amides is 1. The van der Waals surface area contributed by atoms with Crippen LogP contribution in [0.15, 0.2) is 30.6 Å². The number of benzene rings is 1. The molecule has 1 aromatic carbocycles. The molecule has 0 radical (unpaired) electrons. The van der Waals surface area contributed by atoms with Crippen LogP contribution in [-0.4, -0.2) is 15.5 Å². The fraction of sp³-hybridized carbons (Fsp3) is 0.286. The molecule has 1 amide bonds. The fourth-order valence-corrected chi connectivity index (χ4v) is 1.93. The largest absolute Gasteiger partial charge is 0.397 e. The van der Waals surface area contributed by atoms with Crippen molar-refractivity contribution in [3.05, 3.63) is 42.2 Å². The lowest BCUT2D eigenvalue weighted by Crippen LogP contribution is -2.20. The number of nitrogen functional groups attached to an aromatic ring is 1. The number of imidazole rings is 1. The lowest BCUT2D eigenvalue weighted by atomic mass is 10.2. The Bertz CT molecular complexity index is 609. The zero-order chi connectivity index (χ0) is 14.5. The third-order valence-corrected chi connectivity index (χ3v) is 2.88. The number of carbonyl (C=O) groups excluding carboxylic acids is 1. The summed E-state index contributed by atoms with van der Waals surface area (Å²) in [6.45, 7) is 2.21. The van der Waals surface area contributed by atoms with Crippen molar-refractivity contribution in [2.45, 2.75) is 26.3 Å². The number of hydrogen-bond acceptors (Lipinski definition) is 3. The molecule has 3 N–H and O–H groups in total. The molecule has 106 valence electrons. The number of nitrogens with two attached hydrogens (primary N) is 1. The van der Waals surface area contributed by atoms with Gasteiger partial charge in [-0.3, -0.25) is 4.79 Å². The molecular weight excluding hydrogens is 259 g/mol.